The highest BCUT2D eigenvalue weighted by Crippen LogP contribution is 2.23. The second-order valence-electron chi connectivity index (χ2n) is 4.22. The molecule has 0 unspecified atom stereocenters. The molecule has 2 rings (SSSR count). The zero-order valence-corrected chi connectivity index (χ0v) is 15.4. The van der Waals surface area contributed by atoms with Crippen molar-refractivity contribution in [1.82, 2.24) is 4.98 Å². The van der Waals surface area contributed by atoms with Gasteiger partial charge in [-0.15, -0.1) is 17.5 Å². The van der Waals surface area contributed by atoms with E-state index < -0.39 is 0 Å². The summed E-state index contributed by atoms with van der Waals surface area (Å²) in [4.78, 5) is 3.89. The topological polar surface area (TPSA) is 89.6 Å². The summed E-state index contributed by atoms with van der Waals surface area (Å²) in [6.45, 7) is 2.21. The Hall–Kier alpha value is -1.41. The van der Waals surface area contributed by atoms with E-state index in [2.05, 4.69) is 44.7 Å². The minimum Gasteiger partial charge on any atom is -0.384 e. The van der Waals surface area contributed by atoms with E-state index in [1.807, 2.05) is 30.3 Å². The minimum absolute atomic E-state index is 0. The maximum Gasteiger partial charge on any atom is 0.153 e. The molecule has 1 heterocycles. The molecule has 0 saturated heterocycles. The lowest BCUT2D eigenvalue weighted by Crippen LogP contribution is -1.95. The predicted octanol–water partition coefficient (Wildman–Crippen LogP) is 5.30. The fraction of sp³-hybridized carbons (Fsp3) is 0.267. The Bertz CT molecular complexity index is 561. The van der Waals surface area contributed by atoms with Crippen LogP contribution in [0.15, 0.2) is 52.7 Å². The number of nitrogens with two attached hydrogens (primary N) is 2. The van der Waals surface area contributed by atoms with E-state index >= 15 is 0 Å². The number of halogens is 2. The SMILES string of the molecule is CCCCI.Cl.Nc1ccc(/N=N/c2ccccc2)c(N)n1. The molecule has 4 N–H and O–H groups in total. The van der Waals surface area contributed by atoms with Crippen LogP contribution in [0.4, 0.5) is 23.0 Å². The van der Waals surface area contributed by atoms with E-state index in [0.717, 1.165) is 5.69 Å². The summed E-state index contributed by atoms with van der Waals surface area (Å²) in [5, 5.41) is 8.03. The van der Waals surface area contributed by atoms with Crippen LogP contribution in [0.5, 0.6) is 0 Å². The number of alkyl halides is 1. The summed E-state index contributed by atoms with van der Waals surface area (Å²) >= 11 is 2.39. The van der Waals surface area contributed by atoms with Crippen LogP contribution in [-0.4, -0.2) is 9.41 Å². The molecule has 0 aliphatic rings. The van der Waals surface area contributed by atoms with Gasteiger partial charge in [0.25, 0.3) is 0 Å². The van der Waals surface area contributed by atoms with Gasteiger partial charge in [-0.2, -0.15) is 5.11 Å². The molecule has 0 radical (unpaired) electrons. The van der Waals surface area contributed by atoms with Crippen LogP contribution >= 0.6 is 35.0 Å². The Morgan fingerprint density at radius 1 is 1.05 bits per heavy atom. The molecule has 7 heteroatoms. The van der Waals surface area contributed by atoms with E-state index in [0.29, 0.717) is 11.5 Å². The van der Waals surface area contributed by atoms with Gasteiger partial charge in [-0.3, -0.25) is 0 Å². The number of benzene rings is 1. The van der Waals surface area contributed by atoms with Gasteiger partial charge in [0.15, 0.2) is 5.82 Å². The van der Waals surface area contributed by atoms with Gasteiger partial charge in [0.05, 0.1) is 5.69 Å². The number of hydrogen-bond donors (Lipinski definition) is 2. The van der Waals surface area contributed by atoms with Crippen LogP contribution in [0.1, 0.15) is 19.8 Å². The number of nitrogens with zero attached hydrogens (tertiary/aromatic N) is 3. The van der Waals surface area contributed by atoms with Gasteiger partial charge >= 0.3 is 0 Å². The van der Waals surface area contributed by atoms with Gasteiger partial charge in [-0.1, -0.05) is 54.1 Å². The third-order valence-electron chi connectivity index (χ3n) is 2.44. The lowest BCUT2D eigenvalue weighted by molar-refractivity contribution is 0.907. The number of azo groups is 1. The first-order valence-electron chi connectivity index (χ1n) is 6.72. The number of rotatable bonds is 4. The van der Waals surface area contributed by atoms with E-state index in [-0.39, 0.29) is 18.2 Å². The summed E-state index contributed by atoms with van der Waals surface area (Å²) in [6, 6.07) is 12.7. The number of aromatic nitrogens is 1. The zero-order valence-electron chi connectivity index (χ0n) is 12.4. The Morgan fingerprint density at radius 3 is 2.23 bits per heavy atom. The number of anilines is 2. The van der Waals surface area contributed by atoms with E-state index in [9.17, 15) is 0 Å². The van der Waals surface area contributed by atoms with Crippen molar-refractivity contribution in [3.63, 3.8) is 0 Å². The van der Waals surface area contributed by atoms with Crippen molar-refractivity contribution < 1.29 is 0 Å². The van der Waals surface area contributed by atoms with Crippen LogP contribution in [0.25, 0.3) is 0 Å². The van der Waals surface area contributed by atoms with E-state index in [1.165, 1.54) is 17.3 Å². The van der Waals surface area contributed by atoms with Crippen LogP contribution in [0.3, 0.4) is 0 Å². The van der Waals surface area contributed by atoms with Crippen LogP contribution in [0.2, 0.25) is 0 Å². The van der Waals surface area contributed by atoms with Crippen LogP contribution < -0.4 is 11.5 Å². The van der Waals surface area contributed by atoms with Crippen molar-refractivity contribution in [1.29, 1.82) is 0 Å². The molecule has 5 nitrogen and oxygen atoms in total. The smallest absolute Gasteiger partial charge is 0.153 e. The van der Waals surface area contributed by atoms with Crippen molar-refractivity contribution in [3.05, 3.63) is 42.5 Å². The third-order valence-corrected chi connectivity index (χ3v) is 3.20. The normalized spacial score (nSPS) is 9.73. The van der Waals surface area contributed by atoms with Gasteiger partial charge in [0.1, 0.15) is 11.5 Å². The molecule has 0 aliphatic carbocycles. The average molecular weight is 434 g/mol. The Kier molecular flexibility index (Phi) is 11.4. The highest BCUT2D eigenvalue weighted by molar-refractivity contribution is 14.1. The van der Waals surface area contributed by atoms with E-state index in [1.54, 1.807) is 12.1 Å². The molecule has 0 spiro atoms. The number of pyridine rings is 1. The summed E-state index contributed by atoms with van der Waals surface area (Å²) in [6.07, 6.45) is 2.71. The molecule has 2 aromatic rings. The third kappa shape index (κ3) is 8.14. The van der Waals surface area contributed by atoms with Crippen LogP contribution in [0, 0.1) is 0 Å². The second kappa shape index (κ2) is 12.2. The molecule has 1 aromatic carbocycles. The molecular weight excluding hydrogens is 413 g/mol. The second-order valence-corrected chi connectivity index (χ2v) is 5.30. The average Bonchev–Trinajstić information content (AvgIpc) is 2.49. The predicted molar refractivity (Wildman–Crippen MR) is 105 cm³/mol. The fourth-order valence-corrected chi connectivity index (χ4v) is 2.07. The molecule has 0 bridgehead atoms. The molecule has 120 valence electrons. The highest BCUT2D eigenvalue weighted by atomic mass is 127. The molecule has 0 amide bonds. The number of nitrogen functional groups attached to an aromatic ring is 2. The first-order valence-corrected chi connectivity index (χ1v) is 8.24. The van der Waals surface area contributed by atoms with Gasteiger partial charge in [-0.25, -0.2) is 4.98 Å². The molecule has 0 fully saturated rings. The van der Waals surface area contributed by atoms with Crippen LogP contribution in [-0.2, 0) is 0 Å². The number of hydrogen-bond acceptors (Lipinski definition) is 5. The molecule has 0 atom stereocenters. The highest BCUT2D eigenvalue weighted by Gasteiger charge is 1.98. The summed E-state index contributed by atoms with van der Waals surface area (Å²) in [5.41, 5.74) is 12.4. The first kappa shape index (κ1) is 20.6. The lowest BCUT2D eigenvalue weighted by Gasteiger charge is -1.98. The summed E-state index contributed by atoms with van der Waals surface area (Å²) in [5.74, 6) is 0.649. The van der Waals surface area contributed by atoms with Gasteiger partial charge in [-0.05, 0) is 35.1 Å². The standard InChI is InChI=1S/C11H11N5.C4H9I.ClH/c12-10-7-6-9(11(13)14-10)16-15-8-4-2-1-3-5-8;1-2-3-4-5;/h1-7H,(H4,12,13,14);2-4H2,1H3;1H/b16-15+;;. The first-order chi connectivity index (χ1) is 10.2. The molecule has 22 heavy (non-hydrogen) atoms. The Morgan fingerprint density at radius 2 is 1.73 bits per heavy atom. The van der Waals surface area contributed by atoms with Crippen molar-refractivity contribution in [2.75, 3.05) is 15.9 Å². The van der Waals surface area contributed by atoms with Crippen molar-refractivity contribution in [3.8, 4) is 0 Å². The molecular formula is C15H21ClIN5. The van der Waals surface area contributed by atoms with Crippen molar-refractivity contribution >= 4 is 58.0 Å². The largest absolute Gasteiger partial charge is 0.384 e. The molecule has 0 saturated carbocycles. The number of unbranched alkanes of at least 4 members (excludes halogenated alkanes) is 1. The van der Waals surface area contributed by atoms with Gasteiger partial charge < -0.3 is 11.5 Å². The Balaban J connectivity index is 0.000000644. The monoisotopic (exact) mass is 433 g/mol. The maximum atomic E-state index is 5.64. The fourth-order valence-electron chi connectivity index (χ4n) is 1.31. The lowest BCUT2D eigenvalue weighted by atomic mass is 10.3. The van der Waals surface area contributed by atoms with E-state index in [4.69, 9.17) is 11.5 Å². The summed E-state index contributed by atoms with van der Waals surface area (Å²) in [7, 11) is 0. The van der Waals surface area contributed by atoms with Gasteiger partial charge in [0, 0.05) is 0 Å². The van der Waals surface area contributed by atoms with Gasteiger partial charge in [0.2, 0.25) is 0 Å². The quantitative estimate of drug-likeness (QED) is 0.389. The van der Waals surface area contributed by atoms with Crippen molar-refractivity contribution in [2.45, 2.75) is 19.8 Å². The zero-order chi connectivity index (χ0) is 15.5. The molecule has 1 aromatic heterocycles. The van der Waals surface area contributed by atoms with Crippen molar-refractivity contribution in [2.24, 2.45) is 10.2 Å². The Labute approximate surface area is 151 Å². The minimum atomic E-state index is 0. The molecule has 0 aliphatic heterocycles. The maximum absolute atomic E-state index is 5.64. The summed E-state index contributed by atoms with van der Waals surface area (Å²) < 4.78 is 1.31.